The molecule has 0 saturated heterocycles. The van der Waals surface area contributed by atoms with Crippen molar-refractivity contribution in [3.8, 4) is 0 Å². The maximum atomic E-state index is 12.7. The van der Waals surface area contributed by atoms with E-state index in [4.69, 9.17) is 5.73 Å². The highest BCUT2D eigenvalue weighted by atomic mass is 19.1. The molecule has 0 aromatic carbocycles. The molecule has 2 nitrogen and oxygen atoms in total. The van der Waals surface area contributed by atoms with Crippen LogP contribution >= 0.6 is 0 Å². The number of rotatable bonds is 1. The van der Waals surface area contributed by atoms with Gasteiger partial charge in [0.25, 0.3) is 0 Å². The zero-order valence-electron chi connectivity index (χ0n) is 6.63. The fourth-order valence-corrected chi connectivity index (χ4v) is 0.965. The Balaban J connectivity index is 3.17. The van der Waals surface area contributed by atoms with Gasteiger partial charge >= 0.3 is 0 Å². The number of nitrogens with two attached hydrogens (primary N) is 1. The van der Waals surface area contributed by atoms with Crippen molar-refractivity contribution >= 4 is 5.69 Å². The first kappa shape index (κ1) is 7.98. The van der Waals surface area contributed by atoms with E-state index in [1.54, 1.807) is 6.07 Å². The van der Waals surface area contributed by atoms with Gasteiger partial charge in [-0.15, -0.1) is 0 Å². The van der Waals surface area contributed by atoms with E-state index >= 15 is 0 Å². The average Bonchev–Trinajstić information content (AvgIpc) is 1.94. The van der Waals surface area contributed by atoms with Crippen molar-refractivity contribution in [1.29, 1.82) is 0 Å². The molecule has 0 radical (unpaired) electrons. The molecule has 2 N–H and O–H groups in total. The Hall–Kier alpha value is -1.12. The largest absolute Gasteiger partial charge is 0.395 e. The number of halogens is 1. The molecule has 0 bridgehead atoms. The molecule has 1 aromatic rings. The smallest absolute Gasteiger partial charge is 0.236 e. The first-order chi connectivity index (χ1) is 5.13. The Morgan fingerprint density at radius 3 is 2.64 bits per heavy atom. The fourth-order valence-electron chi connectivity index (χ4n) is 0.965. The van der Waals surface area contributed by atoms with Gasteiger partial charge in [-0.25, -0.2) is 4.98 Å². The number of hydrogen-bond donors (Lipinski definition) is 1. The van der Waals surface area contributed by atoms with Gasteiger partial charge < -0.3 is 5.73 Å². The van der Waals surface area contributed by atoms with Crippen molar-refractivity contribution in [2.24, 2.45) is 0 Å². The Kier molecular flexibility index (Phi) is 2.08. The van der Waals surface area contributed by atoms with Crippen molar-refractivity contribution in [1.82, 2.24) is 4.98 Å². The second-order valence-corrected chi connectivity index (χ2v) is 2.76. The molecule has 60 valence electrons. The Morgan fingerprint density at radius 1 is 1.55 bits per heavy atom. The normalized spacial score (nSPS) is 10.5. The van der Waals surface area contributed by atoms with Gasteiger partial charge in [-0.3, -0.25) is 0 Å². The van der Waals surface area contributed by atoms with Crippen LogP contribution in [0, 0.1) is 5.95 Å². The molecule has 0 aliphatic carbocycles. The molecule has 3 heteroatoms. The highest BCUT2D eigenvalue weighted by molar-refractivity contribution is 5.46. The lowest BCUT2D eigenvalue weighted by atomic mass is 10.0. The van der Waals surface area contributed by atoms with E-state index in [9.17, 15) is 4.39 Å². The summed E-state index contributed by atoms with van der Waals surface area (Å²) in [4.78, 5) is 3.43. The summed E-state index contributed by atoms with van der Waals surface area (Å²) in [7, 11) is 0. The molecule has 0 amide bonds. The molecule has 0 saturated carbocycles. The molecule has 0 aliphatic heterocycles. The van der Waals surface area contributed by atoms with E-state index in [0.29, 0.717) is 0 Å². The number of anilines is 1. The molecule has 1 heterocycles. The monoisotopic (exact) mass is 154 g/mol. The number of aromatic nitrogens is 1. The third-order valence-electron chi connectivity index (χ3n) is 1.60. The first-order valence-corrected chi connectivity index (χ1v) is 3.52. The second kappa shape index (κ2) is 2.86. The predicted octanol–water partition coefficient (Wildman–Crippen LogP) is 1.93. The zero-order valence-corrected chi connectivity index (χ0v) is 6.63. The van der Waals surface area contributed by atoms with Crippen LogP contribution in [0.1, 0.15) is 25.3 Å². The lowest BCUT2D eigenvalue weighted by Crippen LogP contribution is -2.00. The summed E-state index contributed by atoms with van der Waals surface area (Å²) in [5.41, 5.74) is 6.43. The lowest BCUT2D eigenvalue weighted by molar-refractivity contribution is 0.585. The molecular formula is C8H11FN2. The molecule has 0 spiro atoms. The van der Waals surface area contributed by atoms with Gasteiger partial charge in [0.05, 0.1) is 5.69 Å². The van der Waals surface area contributed by atoms with Crippen LogP contribution in [0.4, 0.5) is 10.1 Å². The van der Waals surface area contributed by atoms with Gasteiger partial charge in [0, 0.05) is 6.20 Å². The van der Waals surface area contributed by atoms with Gasteiger partial charge in [0.15, 0.2) is 0 Å². The topological polar surface area (TPSA) is 38.9 Å². The SMILES string of the molecule is CC(C)c1ccnc(F)c1N. The molecule has 0 unspecified atom stereocenters. The molecular weight excluding hydrogens is 143 g/mol. The number of pyridine rings is 1. The summed E-state index contributed by atoms with van der Waals surface area (Å²) in [6.45, 7) is 3.93. The summed E-state index contributed by atoms with van der Waals surface area (Å²) in [5.74, 6) is -0.330. The molecule has 1 rings (SSSR count). The Bertz CT molecular complexity index is 258. The molecule has 1 aromatic heterocycles. The average molecular weight is 154 g/mol. The second-order valence-electron chi connectivity index (χ2n) is 2.76. The minimum absolute atomic E-state index is 0.169. The summed E-state index contributed by atoms with van der Waals surface area (Å²) >= 11 is 0. The van der Waals surface area contributed by atoms with Gasteiger partial charge in [-0.1, -0.05) is 13.8 Å². The van der Waals surface area contributed by atoms with Gasteiger partial charge in [-0.2, -0.15) is 4.39 Å². The van der Waals surface area contributed by atoms with Crippen LogP contribution in [0.2, 0.25) is 0 Å². The van der Waals surface area contributed by atoms with Crippen molar-refractivity contribution in [2.45, 2.75) is 19.8 Å². The predicted molar refractivity (Wildman–Crippen MR) is 42.7 cm³/mol. The fraction of sp³-hybridized carbons (Fsp3) is 0.375. The lowest BCUT2D eigenvalue weighted by Gasteiger charge is -2.07. The minimum atomic E-state index is -0.573. The number of nitrogen functional groups attached to an aromatic ring is 1. The van der Waals surface area contributed by atoms with Crippen LogP contribution in [-0.4, -0.2) is 4.98 Å². The maximum Gasteiger partial charge on any atom is 0.236 e. The van der Waals surface area contributed by atoms with Crippen molar-refractivity contribution in [3.63, 3.8) is 0 Å². The quantitative estimate of drug-likeness (QED) is 0.628. The zero-order chi connectivity index (χ0) is 8.43. The summed E-state index contributed by atoms with van der Waals surface area (Å²) in [6, 6.07) is 1.74. The van der Waals surface area contributed by atoms with Crippen LogP contribution < -0.4 is 5.73 Å². The highest BCUT2D eigenvalue weighted by Gasteiger charge is 2.07. The Morgan fingerprint density at radius 2 is 2.18 bits per heavy atom. The molecule has 11 heavy (non-hydrogen) atoms. The van der Waals surface area contributed by atoms with Crippen LogP contribution in [0.15, 0.2) is 12.3 Å². The standard InChI is InChI=1S/C8H11FN2/c1-5(2)6-3-4-11-8(9)7(6)10/h3-5H,10H2,1-2H3. The van der Waals surface area contributed by atoms with E-state index in [1.807, 2.05) is 13.8 Å². The number of hydrogen-bond acceptors (Lipinski definition) is 2. The van der Waals surface area contributed by atoms with E-state index in [1.165, 1.54) is 6.20 Å². The molecule has 0 aliphatic rings. The van der Waals surface area contributed by atoms with Crippen molar-refractivity contribution in [3.05, 3.63) is 23.8 Å². The van der Waals surface area contributed by atoms with Gasteiger partial charge in [0.1, 0.15) is 0 Å². The van der Waals surface area contributed by atoms with Gasteiger partial charge in [0.2, 0.25) is 5.95 Å². The van der Waals surface area contributed by atoms with E-state index < -0.39 is 5.95 Å². The third kappa shape index (κ3) is 1.48. The van der Waals surface area contributed by atoms with E-state index in [2.05, 4.69) is 4.98 Å². The van der Waals surface area contributed by atoms with Gasteiger partial charge in [-0.05, 0) is 17.5 Å². The van der Waals surface area contributed by atoms with Crippen LogP contribution in [-0.2, 0) is 0 Å². The third-order valence-corrected chi connectivity index (χ3v) is 1.60. The molecule has 0 atom stereocenters. The summed E-state index contributed by atoms with van der Waals surface area (Å²) in [6.07, 6.45) is 1.43. The summed E-state index contributed by atoms with van der Waals surface area (Å²) in [5, 5.41) is 0. The van der Waals surface area contributed by atoms with E-state index in [0.717, 1.165) is 5.56 Å². The Labute approximate surface area is 65.3 Å². The summed E-state index contributed by atoms with van der Waals surface area (Å²) < 4.78 is 12.7. The molecule has 0 fully saturated rings. The van der Waals surface area contributed by atoms with Crippen LogP contribution in [0.25, 0.3) is 0 Å². The van der Waals surface area contributed by atoms with Crippen LogP contribution in [0.3, 0.4) is 0 Å². The first-order valence-electron chi connectivity index (χ1n) is 3.52. The van der Waals surface area contributed by atoms with Crippen molar-refractivity contribution < 1.29 is 4.39 Å². The van der Waals surface area contributed by atoms with Crippen LogP contribution in [0.5, 0.6) is 0 Å². The van der Waals surface area contributed by atoms with E-state index in [-0.39, 0.29) is 11.6 Å². The minimum Gasteiger partial charge on any atom is -0.395 e. The maximum absolute atomic E-state index is 12.7. The highest BCUT2D eigenvalue weighted by Crippen LogP contribution is 2.21. The number of nitrogens with zero attached hydrogens (tertiary/aromatic N) is 1. The van der Waals surface area contributed by atoms with Crippen molar-refractivity contribution in [2.75, 3.05) is 5.73 Å².